The maximum absolute atomic E-state index is 13.4. The summed E-state index contributed by atoms with van der Waals surface area (Å²) in [6.45, 7) is 8.24. The van der Waals surface area contributed by atoms with Crippen LogP contribution in [0.25, 0.3) is 10.9 Å². The van der Waals surface area contributed by atoms with Crippen LogP contribution in [0.5, 0.6) is 0 Å². The van der Waals surface area contributed by atoms with E-state index in [1.54, 1.807) is 12.0 Å². The number of ether oxygens (including phenoxy) is 1. The molecule has 2 heterocycles. The van der Waals surface area contributed by atoms with Crippen LogP contribution in [0.2, 0.25) is 0 Å². The van der Waals surface area contributed by atoms with Gasteiger partial charge in [-0.15, -0.1) is 0 Å². The zero-order chi connectivity index (χ0) is 20.3. The number of amides is 2. The van der Waals surface area contributed by atoms with E-state index in [0.717, 1.165) is 17.3 Å². The molecule has 0 bridgehead atoms. The molecule has 1 N–H and O–H groups in total. The molecule has 0 fully saturated rings. The fourth-order valence-electron chi connectivity index (χ4n) is 3.89. The van der Waals surface area contributed by atoms with Crippen molar-refractivity contribution in [3.8, 4) is 0 Å². The van der Waals surface area contributed by atoms with Crippen molar-refractivity contribution in [1.29, 1.82) is 0 Å². The zero-order valence-electron chi connectivity index (χ0n) is 17.3. The number of benzene rings is 1. The molecule has 2 amide bonds. The SMILES string of the molecule is COCCCN1C(=O)c2cc3ccccc3n2CC1(C)C(=O)NCCC(C)C. The standard InChI is InChI=1S/C22H31N3O3/c1-16(2)10-11-23-21(27)22(3)15-24-18-9-6-5-8-17(18)14-19(24)20(26)25(22)12-7-13-28-4/h5-6,8-9,14,16H,7,10-13,15H2,1-4H3,(H,23,27). The Balaban J connectivity index is 1.95. The third kappa shape index (κ3) is 3.78. The Labute approximate surface area is 166 Å². The molecule has 6 heteroatoms. The van der Waals surface area contributed by atoms with E-state index in [9.17, 15) is 9.59 Å². The van der Waals surface area contributed by atoms with Crippen LogP contribution >= 0.6 is 0 Å². The van der Waals surface area contributed by atoms with E-state index in [1.807, 2.05) is 41.8 Å². The van der Waals surface area contributed by atoms with Crippen molar-refractivity contribution in [1.82, 2.24) is 14.8 Å². The zero-order valence-corrected chi connectivity index (χ0v) is 17.3. The maximum Gasteiger partial charge on any atom is 0.271 e. The molecule has 6 nitrogen and oxygen atoms in total. The smallest absolute Gasteiger partial charge is 0.271 e. The van der Waals surface area contributed by atoms with Gasteiger partial charge in [0.2, 0.25) is 5.91 Å². The molecule has 1 atom stereocenters. The predicted molar refractivity (Wildman–Crippen MR) is 110 cm³/mol. The number of nitrogens with zero attached hydrogens (tertiary/aromatic N) is 2. The Kier molecular flexibility index (Phi) is 6.08. The third-order valence-electron chi connectivity index (χ3n) is 5.56. The molecule has 1 unspecified atom stereocenters. The van der Waals surface area contributed by atoms with Gasteiger partial charge in [-0.25, -0.2) is 0 Å². The molecule has 0 saturated heterocycles. The molecule has 0 saturated carbocycles. The van der Waals surface area contributed by atoms with Gasteiger partial charge in [-0.3, -0.25) is 9.59 Å². The fraction of sp³-hybridized carbons (Fsp3) is 0.545. The Morgan fingerprint density at radius 2 is 2.07 bits per heavy atom. The quantitative estimate of drug-likeness (QED) is 0.711. The van der Waals surface area contributed by atoms with E-state index < -0.39 is 5.54 Å². The first-order valence-electron chi connectivity index (χ1n) is 10.1. The second-order valence-electron chi connectivity index (χ2n) is 8.19. The molecular weight excluding hydrogens is 354 g/mol. The van der Waals surface area contributed by atoms with E-state index in [-0.39, 0.29) is 11.8 Å². The summed E-state index contributed by atoms with van der Waals surface area (Å²) in [4.78, 5) is 28.3. The number of hydrogen-bond acceptors (Lipinski definition) is 3. The second-order valence-corrected chi connectivity index (χ2v) is 8.19. The Morgan fingerprint density at radius 3 is 2.79 bits per heavy atom. The Hall–Kier alpha value is -2.34. The van der Waals surface area contributed by atoms with Crippen LogP contribution in [0, 0.1) is 5.92 Å². The highest BCUT2D eigenvalue weighted by molar-refractivity contribution is 6.03. The lowest BCUT2D eigenvalue weighted by molar-refractivity contribution is -0.132. The van der Waals surface area contributed by atoms with Crippen molar-refractivity contribution in [2.75, 3.05) is 26.8 Å². The molecule has 3 rings (SSSR count). The van der Waals surface area contributed by atoms with Crippen molar-refractivity contribution in [3.05, 3.63) is 36.0 Å². The van der Waals surface area contributed by atoms with Gasteiger partial charge in [0, 0.05) is 37.7 Å². The van der Waals surface area contributed by atoms with Crippen LogP contribution in [-0.4, -0.2) is 53.6 Å². The number of aromatic nitrogens is 1. The number of para-hydroxylation sites is 1. The highest BCUT2D eigenvalue weighted by atomic mass is 16.5. The number of fused-ring (bicyclic) bond motifs is 3. The molecule has 2 aromatic rings. The molecule has 1 aromatic heterocycles. The van der Waals surface area contributed by atoms with Crippen LogP contribution in [0.15, 0.2) is 30.3 Å². The van der Waals surface area contributed by atoms with E-state index in [0.29, 0.717) is 44.3 Å². The summed E-state index contributed by atoms with van der Waals surface area (Å²) in [5.41, 5.74) is 0.700. The van der Waals surface area contributed by atoms with E-state index in [1.165, 1.54) is 0 Å². The molecule has 152 valence electrons. The van der Waals surface area contributed by atoms with Gasteiger partial charge in [0.1, 0.15) is 11.2 Å². The lowest BCUT2D eigenvalue weighted by Gasteiger charge is -2.44. The summed E-state index contributed by atoms with van der Waals surface area (Å²) in [5.74, 6) is 0.321. The second kappa shape index (κ2) is 8.35. The number of rotatable bonds is 8. The maximum atomic E-state index is 13.4. The summed E-state index contributed by atoms with van der Waals surface area (Å²) in [7, 11) is 1.65. The number of carbonyl (C=O) groups excluding carboxylic acids is 2. The number of carbonyl (C=O) groups is 2. The highest BCUT2D eigenvalue weighted by Crippen LogP contribution is 2.32. The van der Waals surface area contributed by atoms with Gasteiger partial charge < -0.3 is 19.5 Å². The minimum atomic E-state index is -0.934. The van der Waals surface area contributed by atoms with E-state index in [2.05, 4.69) is 19.2 Å². The van der Waals surface area contributed by atoms with Crippen LogP contribution in [-0.2, 0) is 16.1 Å². The minimum Gasteiger partial charge on any atom is -0.385 e. The average Bonchev–Trinajstić information content (AvgIpc) is 3.03. The lowest BCUT2D eigenvalue weighted by atomic mass is 9.94. The summed E-state index contributed by atoms with van der Waals surface area (Å²) < 4.78 is 7.15. The molecular formula is C22H31N3O3. The first-order chi connectivity index (χ1) is 13.4. The van der Waals surface area contributed by atoms with Crippen LogP contribution in [0.3, 0.4) is 0 Å². The Bertz CT molecular complexity index is 858. The molecule has 1 aliphatic heterocycles. The van der Waals surface area contributed by atoms with Gasteiger partial charge in [-0.1, -0.05) is 32.0 Å². The monoisotopic (exact) mass is 385 g/mol. The van der Waals surface area contributed by atoms with Gasteiger partial charge in [-0.05, 0) is 37.8 Å². The summed E-state index contributed by atoms with van der Waals surface area (Å²) in [6, 6.07) is 9.86. The minimum absolute atomic E-state index is 0.0950. The normalized spacial score (nSPS) is 19.3. The van der Waals surface area contributed by atoms with Crippen molar-refractivity contribution in [2.45, 2.75) is 45.7 Å². The van der Waals surface area contributed by atoms with Crippen LogP contribution < -0.4 is 5.32 Å². The van der Waals surface area contributed by atoms with Gasteiger partial charge >= 0.3 is 0 Å². The molecule has 28 heavy (non-hydrogen) atoms. The van der Waals surface area contributed by atoms with E-state index >= 15 is 0 Å². The van der Waals surface area contributed by atoms with Crippen molar-refractivity contribution in [2.24, 2.45) is 5.92 Å². The predicted octanol–water partition coefficient (Wildman–Crippen LogP) is 3.05. The molecule has 1 aliphatic rings. The van der Waals surface area contributed by atoms with Crippen LogP contribution in [0.4, 0.5) is 0 Å². The molecule has 0 spiro atoms. The van der Waals surface area contributed by atoms with Crippen molar-refractivity contribution < 1.29 is 14.3 Å². The summed E-state index contributed by atoms with van der Waals surface area (Å²) in [6.07, 6.45) is 1.61. The van der Waals surface area contributed by atoms with Gasteiger partial charge in [0.15, 0.2) is 0 Å². The lowest BCUT2D eigenvalue weighted by Crippen LogP contribution is -2.64. The largest absolute Gasteiger partial charge is 0.385 e. The van der Waals surface area contributed by atoms with E-state index in [4.69, 9.17) is 4.74 Å². The Morgan fingerprint density at radius 1 is 1.32 bits per heavy atom. The molecule has 0 radical (unpaired) electrons. The van der Waals surface area contributed by atoms with Crippen molar-refractivity contribution >= 4 is 22.7 Å². The summed E-state index contributed by atoms with van der Waals surface area (Å²) >= 11 is 0. The number of nitrogens with one attached hydrogen (secondary N) is 1. The van der Waals surface area contributed by atoms with Gasteiger partial charge in [0.25, 0.3) is 5.91 Å². The number of methoxy groups -OCH3 is 1. The highest BCUT2D eigenvalue weighted by Gasteiger charge is 2.47. The first kappa shape index (κ1) is 20.4. The third-order valence-corrected chi connectivity index (χ3v) is 5.56. The van der Waals surface area contributed by atoms with Gasteiger partial charge in [0.05, 0.1) is 6.54 Å². The topological polar surface area (TPSA) is 63.6 Å². The fourth-order valence-corrected chi connectivity index (χ4v) is 3.89. The molecule has 1 aromatic carbocycles. The first-order valence-corrected chi connectivity index (χ1v) is 10.1. The number of hydrogen-bond donors (Lipinski definition) is 1. The van der Waals surface area contributed by atoms with Crippen LogP contribution in [0.1, 0.15) is 44.1 Å². The van der Waals surface area contributed by atoms with Crippen molar-refractivity contribution in [3.63, 3.8) is 0 Å². The van der Waals surface area contributed by atoms with Gasteiger partial charge in [-0.2, -0.15) is 0 Å². The average molecular weight is 386 g/mol. The molecule has 0 aliphatic carbocycles. The summed E-state index contributed by atoms with van der Waals surface area (Å²) in [5, 5.41) is 4.08.